The molecule has 0 aliphatic carbocycles. The Hall–Kier alpha value is -1.77. The van der Waals surface area contributed by atoms with Crippen molar-refractivity contribution in [2.45, 2.75) is 6.92 Å². The SMILES string of the molecule is CC(/C=C(\O)c1ccccc1)=N/O. The molecule has 0 saturated carbocycles. The zero-order valence-electron chi connectivity index (χ0n) is 7.31. The van der Waals surface area contributed by atoms with Crippen LogP contribution < -0.4 is 0 Å². The average molecular weight is 177 g/mol. The van der Waals surface area contributed by atoms with E-state index in [4.69, 9.17) is 5.21 Å². The molecule has 0 spiro atoms. The molecule has 1 aromatic rings. The van der Waals surface area contributed by atoms with Crippen LogP contribution in [0, 0.1) is 0 Å². The van der Waals surface area contributed by atoms with Gasteiger partial charge in [-0.05, 0) is 6.92 Å². The summed E-state index contributed by atoms with van der Waals surface area (Å²) < 4.78 is 0. The molecule has 2 N–H and O–H groups in total. The maximum Gasteiger partial charge on any atom is 0.124 e. The van der Waals surface area contributed by atoms with E-state index in [1.807, 2.05) is 18.2 Å². The van der Waals surface area contributed by atoms with Crippen LogP contribution in [0.4, 0.5) is 0 Å². The van der Waals surface area contributed by atoms with Crippen molar-refractivity contribution < 1.29 is 10.3 Å². The minimum Gasteiger partial charge on any atom is -0.507 e. The van der Waals surface area contributed by atoms with Crippen molar-refractivity contribution >= 4 is 11.5 Å². The molecule has 68 valence electrons. The fourth-order valence-corrected chi connectivity index (χ4v) is 0.919. The first-order valence-electron chi connectivity index (χ1n) is 3.89. The van der Waals surface area contributed by atoms with E-state index in [9.17, 15) is 5.11 Å². The zero-order chi connectivity index (χ0) is 9.68. The van der Waals surface area contributed by atoms with Crippen LogP contribution in [-0.4, -0.2) is 16.0 Å². The van der Waals surface area contributed by atoms with Gasteiger partial charge in [0.15, 0.2) is 0 Å². The van der Waals surface area contributed by atoms with Crippen LogP contribution in [0.1, 0.15) is 12.5 Å². The van der Waals surface area contributed by atoms with Crippen LogP contribution in [0.25, 0.3) is 5.76 Å². The zero-order valence-corrected chi connectivity index (χ0v) is 7.31. The summed E-state index contributed by atoms with van der Waals surface area (Å²) in [4.78, 5) is 0. The van der Waals surface area contributed by atoms with Crippen molar-refractivity contribution in [1.82, 2.24) is 0 Å². The van der Waals surface area contributed by atoms with Crippen LogP contribution in [0.15, 0.2) is 41.6 Å². The minimum absolute atomic E-state index is 0.0934. The largest absolute Gasteiger partial charge is 0.507 e. The van der Waals surface area contributed by atoms with E-state index in [1.54, 1.807) is 19.1 Å². The average Bonchev–Trinajstić information content (AvgIpc) is 2.19. The second kappa shape index (κ2) is 4.30. The molecule has 0 aliphatic rings. The van der Waals surface area contributed by atoms with Gasteiger partial charge in [0.05, 0.1) is 5.71 Å². The first-order chi connectivity index (χ1) is 6.24. The molecular formula is C10H11NO2. The normalized spacial score (nSPS) is 13.0. The number of hydrogen-bond donors (Lipinski definition) is 2. The molecule has 1 rings (SSSR count). The van der Waals surface area contributed by atoms with Crippen molar-refractivity contribution in [3.8, 4) is 0 Å². The lowest BCUT2D eigenvalue weighted by molar-refractivity contribution is 0.319. The van der Waals surface area contributed by atoms with Gasteiger partial charge in [0, 0.05) is 11.6 Å². The molecule has 0 radical (unpaired) electrons. The Bertz CT molecular complexity index is 328. The number of allylic oxidation sites excluding steroid dienone is 1. The van der Waals surface area contributed by atoms with Gasteiger partial charge in [-0.15, -0.1) is 0 Å². The summed E-state index contributed by atoms with van der Waals surface area (Å²) in [5.41, 5.74) is 1.06. The van der Waals surface area contributed by atoms with Gasteiger partial charge in [-0.3, -0.25) is 0 Å². The molecule has 0 atom stereocenters. The number of rotatable bonds is 2. The Morgan fingerprint density at radius 3 is 2.46 bits per heavy atom. The second-order valence-electron chi connectivity index (χ2n) is 2.64. The first kappa shape index (κ1) is 9.32. The van der Waals surface area contributed by atoms with Gasteiger partial charge in [-0.25, -0.2) is 0 Å². The van der Waals surface area contributed by atoms with Crippen molar-refractivity contribution in [2.75, 3.05) is 0 Å². The van der Waals surface area contributed by atoms with Crippen LogP contribution in [0.3, 0.4) is 0 Å². The van der Waals surface area contributed by atoms with Crippen molar-refractivity contribution in [3.05, 3.63) is 42.0 Å². The van der Waals surface area contributed by atoms with Gasteiger partial charge in [0.25, 0.3) is 0 Å². The summed E-state index contributed by atoms with van der Waals surface area (Å²) in [6, 6.07) is 9.06. The van der Waals surface area contributed by atoms with E-state index in [2.05, 4.69) is 5.16 Å². The highest BCUT2D eigenvalue weighted by molar-refractivity contribution is 5.97. The summed E-state index contributed by atoms with van der Waals surface area (Å²) >= 11 is 0. The summed E-state index contributed by atoms with van der Waals surface area (Å²) in [6.07, 6.45) is 1.40. The molecule has 0 fully saturated rings. The van der Waals surface area contributed by atoms with Gasteiger partial charge >= 0.3 is 0 Å². The van der Waals surface area contributed by atoms with Gasteiger partial charge in [-0.2, -0.15) is 0 Å². The molecule has 0 heterocycles. The molecule has 3 nitrogen and oxygen atoms in total. The number of hydrogen-bond acceptors (Lipinski definition) is 3. The van der Waals surface area contributed by atoms with Crippen molar-refractivity contribution in [1.29, 1.82) is 0 Å². The number of oxime groups is 1. The van der Waals surface area contributed by atoms with Crippen molar-refractivity contribution in [3.63, 3.8) is 0 Å². The number of aliphatic hydroxyl groups excluding tert-OH is 1. The predicted molar refractivity (Wildman–Crippen MR) is 51.9 cm³/mol. The smallest absolute Gasteiger partial charge is 0.124 e. The minimum atomic E-state index is 0.0934. The Morgan fingerprint density at radius 1 is 1.31 bits per heavy atom. The molecule has 0 saturated heterocycles. The Balaban J connectivity index is 2.92. The summed E-state index contributed by atoms with van der Waals surface area (Å²) in [5.74, 6) is 0.0934. The molecule has 0 unspecified atom stereocenters. The molecule has 13 heavy (non-hydrogen) atoms. The highest BCUT2D eigenvalue weighted by Gasteiger charge is 1.97. The molecule has 3 heteroatoms. The molecule has 0 aromatic heterocycles. The topological polar surface area (TPSA) is 52.8 Å². The van der Waals surface area contributed by atoms with E-state index in [-0.39, 0.29) is 5.76 Å². The van der Waals surface area contributed by atoms with Crippen LogP contribution in [0.2, 0.25) is 0 Å². The third-order valence-corrected chi connectivity index (χ3v) is 1.57. The lowest BCUT2D eigenvalue weighted by Gasteiger charge is -1.98. The quantitative estimate of drug-likeness (QED) is 0.315. The predicted octanol–water partition coefficient (Wildman–Crippen LogP) is 2.44. The van der Waals surface area contributed by atoms with E-state index in [0.717, 1.165) is 0 Å². The third kappa shape index (κ3) is 2.63. The standard InChI is InChI=1S/C10H11NO2/c1-8(11-13)7-10(12)9-5-3-2-4-6-9/h2-7,12-13H,1H3/b10-7-,11-8-. The maximum atomic E-state index is 9.49. The van der Waals surface area contributed by atoms with Gasteiger partial charge in [0.1, 0.15) is 5.76 Å². The van der Waals surface area contributed by atoms with Crippen LogP contribution in [-0.2, 0) is 0 Å². The number of benzene rings is 1. The van der Waals surface area contributed by atoms with Crippen LogP contribution >= 0.6 is 0 Å². The van der Waals surface area contributed by atoms with E-state index in [1.165, 1.54) is 6.08 Å². The van der Waals surface area contributed by atoms with E-state index < -0.39 is 0 Å². The third-order valence-electron chi connectivity index (χ3n) is 1.57. The van der Waals surface area contributed by atoms with Gasteiger partial charge < -0.3 is 10.3 Å². The molecule has 0 bridgehead atoms. The summed E-state index contributed by atoms with van der Waals surface area (Å²) in [6.45, 7) is 1.60. The Morgan fingerprint density at radius 2 is 1.92 bits per heavy atom. The maximum absolute atomic E-state index is 9.49. The number of aliphatic hydroxyl groups is 1. The fraction of sp³-hybridized carbons (Fsp3) is 0.100. The lowest BCUT2D eigenvalue weighted by Crippen LogP contribution is -1.89. The molecule has 0 amide bonds. The Kier molecular flexibility index (Phi) is 3.09. The molecule has 1 aromatic carbocycles. The van der Waals surface area contributed by atoms with Crippen molar-refractivity contribution in [2.24, 2.45) is 5.16 Å². The summed E-state index contributed by atoms with van der Waals surface area (Å²) in [7, 11) is 0. The molecule has 0 aliphatic heterocycles. The first-order valence-corrected chi connectivity index (χ1v) is 3.89. The van der Waals surface area contributed by atoms with Crippen LogP contribution in [0.5, 0.6) is 0 Å². The fourth-order valence-electron chi connectivity index (χ4n) is 0.919. The highest BCUT2D eigenvalue weighted by Crippen LogP contribution is 2.09. The second-order valence-corrected chi connectivity index (χ2v) is 2.64. The van der Waals surface area contributed by atoms with Gasteiger partial charge in [-0.1, -0.05) is 35.5 Å². The highest BCUT2D eigenvalue weighted by atomic mass is 16.4. The lowest BCUT2D eigenvalue weighted by atomic mass is 10.1. The molecular weight excluding hydrogens is 166 g/mol. The van der Waals surface area contributed by atoms with E-state index >= 15 is 0 Å². The Labute approximate surface area is 76.6 Å². The van der Waals surface area contributed by atoms with Gasteiger partial charge in [0.2, 0.25) is 0 Å². The number of nitrogens with zero attached hydrogens (tertiary/aromatic N) is 1. The van der Waals surface area contributed by atoms with E-state index in [0.29, 0.717) is 11.3 Å². The summed E-state index contributed by atoms with van der Waals surface area (Å²) in [5, 5.41) is 20.8. The monoisotopic (exact) mass is 177 g/mol.